The summed E-state index contributed by atoms with van der Waals surface area (Å²) >= 11 is 0. The van der Waals surface area contributed by atoms with Crippen molar-refractivity contribution in [2.75, 3.05) is 7.05 Å². The third-order valence-corrected chi connectivity index (χ3v) is 4.50. The Morgan fingerprint density at radius 2 is 2.00 bits per heavy atom. The van der Waals surface area contributed by atoms with Gasteiger partial charge in [0.2, 0.25) is 5.91 Å². The molecule has 0 fully saturated rings. The molecule has 0 unspecified atom stereocenters. The molecule has 3 rings (SSSR count). The molecule has 0 saturated carbocycles. The lowest BCUT2D eigenvalue weighted by Crippen LogP contribution is -2.28. The first-order valence-corrected chi connectivity index (χ1v) is 8.10. The van der Waals surface area contributed by atoms with Crippen LogP contribution in [0, 0.1) is 13.8 Å². The molecule has 3 aromatic rings. The van der Waals surface area contributed by atoms with E-state index in [1.165, 1.54) is 6.07 Å². The summed E-state index contributed by atoms with van der Waals surface area (Å²) in [7, 11) is 3.63. The predicted octanol–water partition coefficient (Wildman–Crippen LogP) is 2.34. The van der Waals surface area contributed by atoms with E-state index in [1.54, 1.807) is 22.8 Å². The van der Waals surface area contributed by atoms with Gasteiger partial charge in [0.25, 0.3) is 0 Å². The molecule has 6 nitrogen and oxygen atoms in total. The maximum Gasteiger partial charge on any atom is 0.336 e. The van der Waals surface area contributed by atoms with Crippen molar-refractivity contribution in [3.8, 4) is 0 Å². The van der Waals surface area contributed by atoms with Crippen molar-refractivity contribution in [1.82, 2.24) is 14.7 Å². The van der Waals surface area contributed by atoms with Crippen molar-refractivity contribution in [1.29, 1.82) is 0 Å². The molecule has 0 saturated heterocycles. The molecular formula is C19H21N3O3. The standard InChI is InChI=1S/C19H21N3O3/c1-12-5-6-16-14(9-19(24)25-17(16)7-12)8-18(23)21(3)11-15-10-20-22(4)13(15)2/h5-7,9-10H,8,11H2,1-4H3. The largest absolute Gasteiger partial charge is 0.423 e. The Kier molecular flexibility index (Phi) is 4.44. The van der Waals surface area contributed by atoms with E-state index in [0.717, 1.165) is 22.2 Å². The first-order valence-electron chi connectivity index (χ1n) is 8.10. The number of likely N-dealkylation sites (N-methyl/N-ethyl adjacent to an activating group) is 1. The van der Waals surface area contributed by atoms with Crippen LogP contribution in [0.4, 0.5) is 0 Å². The number of rotatable bonds is 4. The molecule has 0 N–H and O–H groups in total. The maximum absolute atomic E-state index is 12.6. The van der Waals surface area contributed by atoms with Crippen molar-refractivity contribution in [3.05, 3.63) is 63.3 Å². The summed E-state index contributed by atoms with van der Waals surface area (Å²) in [5, 5.41) is 4.99. The average Bonchev–Trinajstić information content (AvgIpc) is 2.86. The Balaban J connectivity index is 1.84. The lowest BCUT2D eigenvalue weighted by atomic mass is 10.0. The van der Waals surface area contributed by atoms with Gasteiger partial charge in [-0.1, -0.05) is 12.1 Å². The van der Waals surface area contributed by atoms with Gasteiger partial charge in [0, 0.05) is 43.4 Å². The van der Waals surface area contributed by atoms with Crippen molar-refractivity contribution < 1.29 is 9.21 Å². The van der Waals surface area contributed by atoms with Crippen LogP contribution in [0.2, 0.25) is 0 Å². The van der Waals surface area contributed by atoms with E-state index < -0.39 is 5.63 Å². The molecule has 1 amide bonds. The zero-order valence-corrected chi connectivity index (χ0v) is 14.9. The minimum atomic E-state index is -0.438. The van der Waals surface area contributed by atoms with Gasteiger partial charge in [0.05, 0.1) is 12.6 Å². The molecule has 0 aliphatic rings. The average molecular weight is 339 g/mol. The van der Waals surface area contributed by atoms with E-state index in [9.17, 15) is 9.59 Å². The zero-order valence-electron chi connectivity index (χ0n) is 14.9. The Hall–Kier alpha value is -2.89. The van der Waals surface area contributed by atoms with Crippen LogP contribution in [0.25, 0.3) is 11.0 Å². The number of aryl methyl sites for hydroxylation is 2. The van der Waals surface area contributed by atoms with Gasteiger partial charge in [-0.3, -0.25) is 9.48 Å². The summed E-state index contributed by atoms with van der Waals surface area (Å²) in [6.45, 7) is 4.39. The highest BCUT2D eigenvalue weighted by molar-refractivity contribution is 5.87. The summed E-state index contributed by atoms with van der Waals surface area (Å²) in [4.78, 5) is 26.1. The van der Waals surface area contributed by atoms with Crippen LogP contribution in [-0.2, 0) is 24.8 Å². The Bertz CT molecular complexity index is 1000. The highest BCUT2D eigenvalue weighted by Gasteiger charge is 2.15. The molecule has 1 aromatic carbocycles. The summed E-state index contributed by atoms with van der Waals surface area (Å²) in [5.41, 5.74) is 3.80. The molecule has 2 heterocycles. The van der Waals surface area contributed by atoms with Gasteiger partial charge in [-0.2, -0.15) is 5.10 Å². The van der Waals surface area contributed by atoms with Gasteiger partial charge in [-0.05, 0) is 31.0 Å². The third kappa shape index (κ3) is 3.47. The molecule has 0 aliphatic heterocycles. The number of benzene rings is 1. The van der Waals surface area contributed by atoms with Crippen LogP contribution in [0.1, 0.15) is 22.4 Å². The van der Waals surface area contributed by atoms with Gasteiger partial charge in [0.15, 0.2) is 0 Å². The van der Waals surface area contributed by atoms with E-state index >= 15 is 0 Å². The molecule has 0 spiro atoms. The predicted molar refractivity (Wildman–Crippen MR) is 95.3 cm³/mol. The molecular weight excluding hydrogens is 318 g/mol. The van der Waals surface area contributed by atoms with Crippen molar-refractivity contribution >= 4 is 16.9 Å². The molecule has 0 bridgehead atoms. The summed E-state index contributed by atoms with van der Waals surface area (Å²) in [5.74, 6) is -0.0595. The topological polar surface area (TPSA) is 68.3 Å². The first kappa shape index (κ1) is 17.0. The van der Waals surface area contributed by atoms with Crippen LogP contribution in [0.3, 0.4) is 0 Å². The number of nitrogens with zero attached hydrogens (tertiary/aromatic N) is 3. The van der Waals surface area contributed by atoms with E-state index in [1.807, 2.05) is 39.1 Å². The number of hydrogen-bond donors (Lipinski definition) is 0. The van der Waals surface area contributed by atoms with Crippen LogP contribution >= 0.6 is 0 Å². The number of amides is 1. The molecule has 0 atom stereocenters. The van der Waals surface area contributed by atoms with E-state index in [-0.39, 0.29) is 12.3 Å². The summed E-state index contributed by atoms with van der Waals surface area (Å²) in [6, 6.07) is 7.05. The minimum Gasteiger partial charge on any atom is -0.423 e. The molecule has 0 radical (unpaired) electrons. The van der Waals surface area contributed by atoms with E-state index in [2.05, 4.69) is 5.10 Å². The Morgan fingerprint density at radius 3 is 2.68 bits per heavy atom. The van der Waals surface area contributed by atoms with Crippen molar-refractivity contribution in [2.45, 2.75) is 26.8 Å². The van der Waals surface area contributed by atoms with E-state index in [0.29, 0.717) is 17.7 Å². The number of carbonyl (C=O) groups is 1. The fourth-order valence-electron chi connectivity index (χ4n) is 2.82. The summed E-state index contributed by atoms with van der Waals surface area (Å²) in [6.07, 6.45) is 1.93. The lowest BCUT2D eigenvalue weighted by molar-refractivity contribution is -0.129. The van der Waals surface area contributed by atoms with Gasteiger partial charge in [-0.15, -0.1) is 0 Å². The minimum absolute atomic E-state index is 0.0595. The normalized spacial score (nSPS) is 11.0. The number of hydrogen-bond acceptors (Lipinski definition) is 4. The third-order valence-electron chi connectivity index (χ3n) is 4.50. The molecule has 130 valence electrons. The first-order chi connectivity index (χ1) is 11.8. The second kappa shape index (κ2) is 6.55. The van der Waals surface area contributed by atoms with E-state index in [4.69, 9.17) is 4.42 Å². The SMILES string of the molecule is Cc1ccc2c(CC(=O)N(C)Cc3cnn(C)c3C)cc(=O)oc2c1. The Labute approximate surface area is 145 Å². The van der Waals surface area contributed by atoms with Crippen LogP contribution in [-0.4, -0.2) is 27.6 Å². The zero-order chi connectivity index (χ0) is 18.1. The fourth-order valence-corrected chi connectivity index (χ4v) is 2.82. The molecule has 25 heavy (non-hydrogen) atoms. The highest BCUT2D eigenvalue weighted by atomic mass is 16.4. The second-order valence-electron chi connectivity index (χ2n) is 6.40. The number of fused-ring (bicyclic) bond motifs is 1. The highest BCUT2D eigenvalue weighted by Crippen LogP contribution is 2.19. The van der Waals surface area contributed by atoms with Crippen LogP contribution < -0.4 is 5.63 Å². The Morgan fingerprint density at radius 1 is 1.24 bits per heavy atom. The monoisotopic (exact) mass is 339 g/mol. The van der Waals surface area contributed by atoms with Gasteiger partial charge >= 0.3 is 5.63 Å². The number of aromatic nitrogens is 2. The maximum atomic E-state index is 12.6. The second-order valence-corrected chi connectivity index (χ2v) is 6.40. The number of carbonyl (C=O) groups excluding carboxylic acids is 1. The molecule has 2 aromatic heterocycles. The van der Waals surface area contributed by atoms with Crippen molar-refractivity contribution in [3.63, 3.8) is 0 Å². The molecule has 0 aliphatic carbocycles. The smallest absolute Gasteiger partial charge is 0.336 e. The van der Waals surface area contributed by atoms with Crippen molar-refractivity contribution in [2.24, 2.45) is 7.05 Å². The molecule has 6 heteroatoms. The van der Waals surface area contributed by atoms with Crippen LogP contribution in [0.5, 0.6) is 0 Å². The quantitative estimate of drug-likeness (QED) is 0.684. The summed E-state index contributed by atoms with van der Waals surface area (Å²) < 4.78 is 7.03. The fraction of sp³-hybridized carbons (Fsp3) is 0.316. The van der Waals surface area contributed by atoms with Gasteiger partial charge < -0.3 is 9.32 Å². The van der Waals surface area contributed by atoms with Crippen LogP contribution in [0.15, 0.2) is 39.7 Å². The van der Waals surface area contributed by atoms with Gasteiger partial charge in [-0.25, -0.2) is 4.79 Å². The lowest BCUT2D eigenvalue weighted by Gasteiger charge is -2.17. The van der Waals surface area contributed by atoms with Gasteiger partial charge in [0.1, 0.15) is 5.58 Å².